The number of nitrogens with one attached hydrogen (secondary N) is 1. The highest BCUT2D eigenvalue weighted by atomic mass is 35.5. The standard InChI is InChI=1S/C18H16ClN3O2S/c1-10-3-8-14(24-2)13(9-10)21-18-22-17(20)16(25-18)15(23)11-4-6-12(19)7-5-11/h3-9H,20H2,1-2H3,(H,21,22). The monoisotopic (exact) mass is 373 g/mol. The lowest BCUT2D eigenvalue weighted by molar-refractivity contribution is 0.104. The number of thiazole rings is 1. The van der Waals surface area contributed by atoms with Crippen molar-refractivity contribution in [3.8, 4) is 5.75 Å². The first-order valence-corrected chi connectivity index (χ1v) is 8.65. The van der Waals surface area contributed by atoms with Gasteiger partial charge in [-0.3, -0.25) is 4.79 Å². The predicted octanol–water partition coefficient (Wildman–Crippen LogP) is 4.67. The number of nitrogens with zero attached hydrogens (tertiary/aromatic N) is 1. The number of benzene rings is 2. The number of ketones is 1. The number of carbonyl (C=O) groups is 1. The second kappa shape index (κ2) is 7.13. The number of hydrogen-bond acceptors (Lipinski definition) is 6. The number of halogens is 1. The molecule has 3 aromatic rings. The fourth-order valence-electron chi connectivity index (χ4n) is 2.32. The number of rotatable bonds is 5. The topological polar surface area (TPSA) is 77.2 Å². The first kappa shape index (κ1) is 17.3. The Balaban J connectivity index is 1.89. The summed E-state index contributed by atoms with van der Waals surface area (Å²) in [6, 6.07) is 12.4. The Morgan fingerprint density at radius 1 is 1.24 bits per heavy atom. The number of nitrogen functional groups attached to an aromatic ring is 1. The molecule has 0 unspecified atom stereocenters. The summed E-state index contributed by atoms with van der Waals surface area (Å²) in [4.78, 5) is 17.3. The molecule has 1 heterocycles. The van der Waals surface area contributed by atoms with Crippen LogP contribution in [0.5, 0.6) is 5.75 Å². The van der Waals surface area contributed by atoms with Gasteiger partial charge in [-0.05, 0) is 48.9 Å². The average molecular weight is 374 g/mol. The predicted molar refractivity (Wildman–Crippen MR) is 102 cm³/mol. The van der Waals surface area contributed by atoms with Crippen LogP contribution in [0.3, 0.4) is 0 Å². The number of anilines is 3. The van der Waals surface area contributed by atoms with Gasteiger partial charge in [0.1, 0.15) is 16.4 Å². The Bertz CT molecular complexity index is 923. The summed E-state index contributed by atoms with van der Waals surface area (Å²) in [6.45, 7) is 1.98. The van der Waals surface area contributed by atoms with E-state index in [4.69, 9.17) is 22.1 Å². The second-order valence-electron chi connectivity index (χ2n) is 5.40. The van der Waals surface area contributed by atoms with E-state index < -0.39 is 0 Å². The van der Waals surface area contributed by atoms with Crippen molar-refractivity contribution in [1.29, 1.82) is 0 Å². The number of nitrogens with two attached hydrogens (primary N) is 1. The highest BCUT2D eigenvalue weighted by Gasteiger charge is 2.18. The third-order valence-corrected chi connectivity index (χ3v) is 4.80. The van der Waals surface area contributed by atoms with Crippen molar-refractivity contribution in [1.82, 2.24) is 4.98 Å². The molecule has 25 heavy (non-hydrogen) atoms. The van der Waals surface area contributed by atoms with Crippen LogP contribution in [-0.4, -0.2) is 17.9 Å². The van der Waals surface area contributed by atoms with Gasteiger partial charge < -0.3 is 15.8 Å². The number of aromatic nitrogens is 1. The fraction of sp³-hybridized carbons (Fsp3) is 0.111. The molecule has 5 nitrogen and oxygen atoms in total. The molecule has 1 aromatic heterocycles. The largest absolute Gasteiger partial charge is 0.495 e. The summed E-state index contributed by atoms with van der Waals surface area (Å²) in [6.07, 6.45) is 0. The zero-order valence-corrected chi connectivity index (χ0v) is 15.2. The van der Waals surface area contributed by atoms with E-state index in [1.165, 1.54) is 11.3 Å². The summed E-state index contributed by atoms with van der Waals surface area (Å²) >= 11 is 7.06. The van der Waals surface area contributed by atoms with E-state index in [0.717, 1.165) is 11.3 Å². The minimum Gasteiger partial charge on any atom is -0.495 e. The Hall–Kier alpha value is -2.57. The van der Waals surface area contributed by atoms with Gasteiger partial charge in [-0.25, -0.2) is 4.98 Å². The van der Waals surface area contributed by atoms with Crippen LogP contribution in [0.2, 0.25) is 5.02 Å². The van der Waals surface area contributed by atoms with Crippen LogP contribution in [0.4, 0.5) is 16.6 Å². The second-order valence-corrected chi connectivity index (χ2v) is 6.83. The van der Waals surface area contributed by atoms with E-state index in [2.05, 4.69) is 10.3 Å². The lowest BCUT2D eigenvalue weighted by Crippen LogP contribution is -2.02. The average Bonchev–Trinajstić information content (AvgIpc) is 2.95. The summed E-state index contributed by atoms with van der Waals surface area (Å²) in [5.41, 5.74) is 8.30. The van der Waals surface area contributed by atoms with Crippen LogP contribution in [0.25, 0.3) is 0 Å². The number of ether oxygens (including phenoxy) is 1. The van der Waals surface area contributed by atoms with Crippen molar-refractivity contribution in [2.24, 2.45) is 0 Å². The van der Waals surface area contributed by atoms with Crippen LogP contribution in [-0.2, 0) is 0 Å². The van der Waals surface area contributed by atoms with E-state index in [0.29, 0.717) is 26.3 Å². The minimum absolute atomic E-state index is 0.184. The first-order chi connectivity index (χ1) is 12.0. The number of hydrogen-bond donors (Lipinski definition) is 2. The highest BCUT2D eigenvalue weighted by molar-refractivity contribution is 7.18. The molecule has 0 saturated carbocycles. The Morgan fingerprint density at radius 2 is 1.96 bits per heavy atom. The minimum atomic E-state index is -0.184. The molecular formula is C18H16ClN3O2S. The summed E-state index contributed by atoms with van der Waals surface area (Å²) < 4.78 is 5.34. The maximum absolute atomic E-state index is 12.6. The smallest absolute Gasteiger partial charge is 0.206 e. The molecule has 0 spiro atoms. The molecule has 0 aliphatic rings. The quantitative estimate of drug-likeness (QED) is 0.635. The molecule has 3 N–H and O–H groups in total. The maximum atomic E-state index is 12.6. The normalized spacial score (nSPS) is 10.5. The molecule has 2 aromatic carbocycles. The molecular weight excluding hydrogens is 358 g/mol. The fourth-order valence-corrected chi connectivity index (χ4v) is 3.30. The van der Waals surface area contributed by atoms with Crippen molar-refractivity contribution >= 4 is 45.4 Å². The van der Waals surface area contributed by atoms with Crippen molar-refractivity contribution in [2.45, 2.75) is 6.92 Å². The molecule has 3 rings (SSSR count). The van der Waals surface area contributed by atoms with E-state index in [9.17, 15) is 4.79 Å². The third kappa shape index (κ3) is 3.75. The molecule has 0 aliphatic heterocycles. The lowest BCUT2D eigenvalue weighted by Gasteiger charge is -2.09. The summed E-state index contributed by atoms with van der Waals surface area (Å²) in [7, 11) is 1.60. The zero-order chi connectivity index (χ0) is 18.0. The van der Waals surface area contributed by atoms with Gasteiger partial charge in [0.15, 0.2) is 5.13 Å². The molecule has 0 amide bonds. The highest BCUT2D eigenvalue weighted by Crippen LogP contribution is 2.33. The first-order valence-electron chi connectivity index (χ1n) is 7.46. The van der Waals surface area contributed by atoms with Gasteiger partial charge in [0.05, 0.1) is 12.8 Å². The van der Waals surface area contributed by atoms with Gasteiger partial charge in [-0.2, -0.15) is 0 Å². The van der Waals surface area contributed by atoms with Crippen molar-refractivity contribution in [3.63, 3.8) is 0 Å². The van der Waals surface area contributed by atoms with E-state index in [1.54, 1.807) is 31.4 Å². The molecule has 0 aliphatic carbocycles. The summed E-state index contributed by atoms with van der Waals surface area (Å²) in [5, 5.41) is 4.27. The number of carbonyl (C=O) groups excluding carboxylic acids is 1. The Morgan fingerprint density at radius 3 is 2.64 bits per heavy atom. The molecule has 0 atom stereocenters. The van der Waals surface area contributed by atoms with Crippen LogP contribution in [0.1, 0.15) is 20.8 Å². The van der Waals surface area contributed by atoms with Crippen LogP contribution < -0.4 is 15.8 Å². The van der Waals surface area contributed by atoms with Gasteiger partial charge in [0, 0.05) is 10.6 Å². The van der Waals surface area contributed by atoms with Gasteiger partial charge in [0.25, 0.3) is 0 Å². The zero-order valence-electron chi connectivity index (χ0n) is 13.7. The molecule has 128 valence electrons. The SMILES string of the molecule is COc1ccc(C)cc1Nc1nc(N)c(C(=O)c2ccc(Cl)cc2)s1. The van der Waals surface area contributed by atoms with Crippen molar-refractivity contribution in [3.05, 3.63) is 63.5 Å². The van der Waals surface area contributed by atoms with Gasteiger partial charge in [-0.1, -0.05) is 29.0 Å². The van der Waals surface area contributed by atoms with Gasteiger partial charge in [0.2, 0.25) is 5.78 Å². The molecule has 7 heteroatoms. The number of aryl methyl sites for hydroxylation is 1. The van der Waals surface area contributed by atoms with Gasteiger partial charge >= 0.3 is 0 Å². The van der Waals surface area contributed by atoms with Crippen LogP contribution in [0, 0.1) is 6.92 Å². The van der Waals surface area contributed by atoms with Crippen molar-refractivity contribution < 1.29 is 9.53 Å². The Labute approximate surface area is 154 Å². The van der Waals surface area contributed by atoms with Crippen LogP contribution in [0.15, 0.2) is 42.5 Å². The maximum Gasteiger partial charge on any atom is 0.206 e. The Kier molecular flexibility index (Phi) is 4.92. The van der Waals surface area contributed by atoms with Crippen molar-refractivity contribution in [2.75, 3.05) is 18.2 Å². The number of methoxy groups -OCH3 is 1. The molecule has 0 bridgehead atoms. The molecule has 0 saturated heterocycles. The van der Waals surface area contributed by atoms with Crippen LogP contribution >= 0.6 is 22.9 Å². The molecule has 0 radical (unpaired) electrons. The third-order valence-electron chi connectivity index (χ3n) is 3.56. The van der Waals surface area contributed by atoms with E-state index >= 15 is 0 Å². The molecule has 0 fully saturated rings. The van der Waals surface area contributed by atoms with E-state index in [-0.39, 0.29) is 11.6 Å². The van der Waals surface area contributed by atoms with E-state index in [1.807, 2.05) is 25.1 Å². The lowest BCUT2D eigenvalue weighted by atomic mass is 10.1. The van der Waals surface area contributed by atoms with Gasteiger partial charge in [-0.15, -0.1) is 0 Å². The summed E-state index contributed by atoms with van der Waals surface area (Å²) in [5.74, 6) is 0.694.